The standard InChI is InChI=1S/C18H27N3O2.ClH/c1-2-15-3-5-16(6-4-15)17(22)7-8-18(23)20-11-14-21-12-9-19-10-13-21;/h3-6,19H,2,7-14H2,1H3,(H,20,23);1H. The molecule has 1 fully saturated rings. The van der Waals surface area contributed by atoms with Gasteiger partial charge in [-0.25, -0.2) is 0 Å². The third-order valence-electron chi connectivity index (χ3n) is 4.22. The van der Waals surface area contributed by atoms with E-state index in [0.29, 0.717) is 12.1 Å². The molecule has 2 N–H and O–H groups in total. The monoisotopic (exact) mass is 353 g/mol. The molecule has 1 aliphatic heterocycles. The zero-order valence-electron chi connectivity index (χ0n) is 14.3. The van der Waals surface area contributed by atoms with Crippen LogP contribution >= 0.6 is 12.4 Å². The van der Waals surface area contributed by atoms with Crippen LogP contribution in [-0.4, -0.2) is 55.9 Å². The Hall–Kier alpha value is -1.43. The first-order chi connectivity index (χ1) is 11.2. The number of aryl methyl sites for hydroxylation is 1. The minimum atomic E-state index is -0.0429. The summed E-state index contributed by atoms with van der Waals surface area (Å²) in [6.45, 7) is 7.70. The van der Waals surface area contributed by atoms with Gasteiger partial charge in [0.2, 0.25) is 5.91 Å². The Balaban J connectivity index is 0.00000288. The van der Waals surface area contributed by atoms with Gasteiger partial charge in [0.1, 0.15) is 0 Å². The van der Waals surface area contributed by atoms with Gasteiger partial charge >= 0.3 is 0 Å². The molecule has 1 aromatic rings. The van der Waals surface area contributed by atoms with E-state index in [1.54, 1.807) is 0 Å². The lowest BCUT2D eigenvalue weighted by molar-refractivity contribution is -0.121. The maximum absolute atomic E-state index is 12.1. The van der Waals surface area contributed by atoms with Crippen LogP contribution < -0.4 is 10.6 Å². The largest absolute Gasteiger partial charge is 0.355 e. The first kappa shape index (κ1) is 20.6. The van der Waals surface area contributed by atoms with E-state index >= 15 is 0 Å². The highest BCUT2D eigenvalue weighted by Crippen LogP contribution is 2.08. The Kier molecular flexibility index (Phi) is 9.60. The Labute approximate surface area is 150 Å². The number of nitrogens with zero attached hydrogens (tertiary/aromatic N) is 1. The van der Waals surface area contributed by atoms with Gasteiger partial charge in [0.15, 0.2) is 5.78 Å². The van der Waals surface area contributed by atoms with Crippen molar-refractivity contribution >= 4 is 24.1 Å². The summed E-state index contributed by atoms with van der Waals surface area (Å²) in [4.78, 5) is 26.2. The van der Waals surface area contributed by atoms with Crippen LogP contribution in [0.4, 0.5) is 0 Å². The molecular formula is C18H28ClN3O2. The Morgan fingerprint density at radius 3 is 2.42 bits per heavy atom. The normalized spacial score (nSPS) is 14.7. The second kappa shape index (κ2) is 11.2. The molecule has 0 radical (unpaired) electrons. The third kappa shape index (κ3) is 6.99. The molecule has 6 heteroatoms. The molecule has 1 aliphatic rings. The molecule has 5 nitrogen and oxygen atoms in total. The number of rotatable bonds is 8. The fourth-order valence-corrected chi connectivity index (χ4v) is 2.67. The summed E-state index contributed by atoms with van der Waals surface area (Å²) in [7, 11) is 0. The van der Waals surface area contributed by atoms with Gasteiger partial charge in [0.05, 0.1) is 0 Å². The highest BCUT2D eigenvalue weighted by molar-refractivity contribution is 5.97. The lowest BCUT2D eigenvalue weighted by Gasteiger charge is -2.27. The van der Waals surface area contributed by atoms with Gasteiger partial charge < -0.3 is 10.6 Å². The molecule has 24 heavy (non-hydrogen) atoms. The van der Waals surface area contributed by atoms with E-state index in [9.17, 15) is 9.59 Å². The smallest absolute Gasteiger partial charge is 0.220 e. The molecule has 0 bridgehead atoms. The van der Waals surface area contributed by atoms with Crippen LogP contribution in [-0.2, 0) is 11.2 Å². The Morgan fingerprint density at radius 1 is 1.12 bits per heavy atom. The summed E-state index contributed by atoms with van der Waals surface area (Å²) < 4.78 is 0. The number of halogens is 1. The first-order valence-electron chi connectivity index (χ1n) is 8.51. The number of amides is 1. The molecule has 0 spiro atoms. The van der Waals surface area contributed by atoms with Crippen molar-refractivity contribution in [3.05, 3.63) is 35.4 Å². The highest BCUT2D eigenvalue weighted by Gasteiger charge is 2.11. The van der Waals surface area contributed by atoms with Crippen molar-refractivity contribution < 1.29 is 9.59 Å². The molecule has 0 unspecified atom stereocenters. The van der Waals surface area contributed by atoms with Crippen LogP contribution in [0, 0.1) is 0 Å². The number of benzene rings is 1. The van der Waals surface area contributed by atoms with Crippen molar-refractivity contribution in [2.45, 2.75) is 26.2 Å². The van der Waals surface area contributed by atoms with Gasteiger partial charge in [0, 0.05) is 57.7 Å². The van der Waals surface area contributed by atoms with Crippen molar-refractivity contribution in [2.24, 2.45) is 0 Å². The third-order valence-corrected chi connectivity index (χ3v) is 4.22. The van der Waals surface area contributed by atoms with Gasteiger partial charge in [-0.2, -0.15) is 0 Å². The molecule has 0 aromatic heterocycles. The average molecular weight is 354 g/mol. The topological polar surface area (TPSA) is 61.4 Å². The molecule has 1 aromatic carbocycles. The van der Waals surface area contributed by atoms with Crippen molar-refractivity contribution in [1.82, 2.24) is 15.5 Å². The maximum atomic E-state index is 12.1. The minimum absolute atomic E-state index is 0. The van der Waals surface area contributed by atoms with Crippen LogP contribution in [0.25, 0.3) is 0 Å². The van der Waals surface area contributed by atoms with Crippen LogP contribution in [0.2, 0.25) is 0 Å². The van der Waals surface area contributed by atoms with E-state index in [0.717, 1.165) is 39.1 Å². The van der Waals surface area contributed by atoms with E-state index < -0.39 is 0 Å². The number of hydrogen-bond acceptors (Lipinski definition) is 4. The molecule has 0 aliphatic carbocycles. The fourth-order valence-electron chi connectivity index (χ4n) is 2.67. The quantitative estimate of drug-likeness (QED) is 0.698. The summed E-state index contributed by atoms with van der Waals surface area (Å²) in [5.74, 6) is -0.0106. The molecule has 0 atom stereocenters. The number of piperazine rings is 1. The second-order valence-corrected chi connectivity index (χ2v) is 5.92. The molecular weight excluding hydrogens is 326 g/mol. The lowest BCUT2D eigenvalue weighted by Crippen LogP contribution is -2.46. The van der Waals surface area contributed by atoms with Crippen LogP contribution in [0.15, 0.2) is 24.3 Å². The number of Topliss-reactive ketones (excluding diaryl/α,β-unsaturated/α-hetero) is 1. The van der Waals surface area contributed by atoms with Gasteiger partial charge in [-0.05, 0) is 12.0 Å². The van der Waals surface area contributed by atoms with Crippen molar-refractivity contribution in [3.8, 4) is 0 Å². The fraction of sp³-hybridized carbons (Fsp3) is 0.556. The zero-order chi connectivity index (χ0) is 16.5. The lowest BCUT2D eigenvalue weighted by atomic mass is 10.0. The van der Waals surface area contributed by atoms with E-state index in [1.807, 2.05) is 24.3 Å². The summed E-state index contributed by atoms with van der Waals surface area (Å²) in [5, 5.41) is 6.20. The zero-order valence-corrected chi connectivity index (χ0v) is 15.2. The van der Waals surface area contributed by atoms with Crippen LogP contribution in [0.1, 0.15) is 35.7 Å². The Morgan fingerprint density at radius 2 is 1.79 bits per heavy atom. The summed E-state index contributed by atoms with van der Waals surface area (Å²) in [5.41, 5.74) is 1.91. The maximum Gasteiger partial charge on any atom is 0.220 e. The van der Waals surface area contributed by atoms with Crippen molar-refractivity contribution in [2.75, 3.05) is 39.3 Å². The van der Waals surface area contributed by atoms with Gasteiger partial charge in [-0.15, -0.1) is 12.4 Å². The second-order valence-electron chi connectivity index (χ2n) is 5.92. The van der Waals surface area contributed by atoms with Gasteiger partial charge in [-0.1, -0.05) is 31.2 Å². The summed E-state index contributed by atoms with van der Waals surface area (Å²) >= 11 is 0. The molecule has 1 amide bonds. The molecule has 0 saturated carbocycles. The van der Waals surface area contributed by atoms with Gasteiger partial charge in [0.25, 0.3) is 0 Å². The first-order valence-corrected chi connectivity index (χ1v) is 8.51. The van der Waals surface area contributed by atoms with E-state index in [-0.39, 0.29) is 36.9 Å². The number of carbonyl (C=O) groups is 2. The minimum Gasteiger partial charge on any atom is -0.355 e. The SMILES string of the molecule is CCc1ccc(C(=O)CCC(=O)NCCN2CCNCC2)cc1.Cl. The molecule has 1 saturated heterocycles. The van der Waals surface area contributed by atoms with E-state index in [1.165, 1.54) is 5.56 Å². The molecule has 134 valence electrons. The van der Waals surface area contributed by atoms with Gasteiger partial charge in [-0.3, -0.25) is 14.5 Å². The number of ketones is 1. The van der Waals surface area contributed by atoms with Crippen LogP contribution in [0.3, 0.4) is 0 Å². The van der Waals surface area contributed by atoms with E-state index in [4.69, 9.17) is 0 Å². The Bertz CT molecular complexity index is 514. The number of carbonyl (C=O) groups excluding carboxylic acids is 2. The van der Waals surface area contributed by atoms with E-state index in [2.05, 4.69) is 22.5 Å². The molecule has 2 rings (SSSR count). The summed E-state index contributed by atoms with van der Waals surface area (Å²) in [6.07, 6.45) is 1.49. The number of hydrogen-bond donors (Lipinski definition) is 2. The van der Waals surface area contributed by atoms with Crippen molar-refractivity contribution in [1.29, 1.82) is 0 Å². The summed E-state index contributed by atoms with van der Waals surface area (Å²) in [6, 6.07) is 7.65. The highest BCUT2D eigenvalue weighted by atomic mass is 35.5. The average Bonchev–Trinajstić information content (AvgIpc) is 2.60. The predicted octanol–water partition coefficient (Wildman–Crippen LogP) is 1.66. The van der Waals surface area contributed by atoms with Crippen LogP contribution in [0.5, 0.6) is 0 Å². The number of nitrogens with one attached hydrogen (secondary N) is 2. The molecule has 1 heterocycles. The predicted molar refractivity (Wildman–Crippen MR) is 99.0 cm³/mol. The van der Waals surface area contributed by atoms with Crippen molar-refractivity contribution in [3.63, 3.8) is 0 Å².